The Labute approximate surface area is 209 Å². The quantitative estimate of drug-likeness (QED) is 0.518. The van der Waals surface area contributed by atoms with Gasteiger partial charge in [-0.25, -0.2) is 8.42 Å². The Balaban J connectivity index is 2.41. The third-order valence-corrected chi connectivity index (χ3v) is 6.83. The van der Waals surface area contributed by atoms with E-state index in [1.54, 1.807) is 31.2 Å². The van der Waals surface area contributed by atoms with Gasteiger partial charge < -0.3 is 10.2 Å². The fraction of sp³-hybridized carbons (Fsp3) is 0.364. The Morgan fingerprint density at radius 2 is 1.67 bits per heavy atom. The van der Waals surface area contributed by atoms with Gasteiger partial charge in [0.1, 0.15) is 12.6 Å². The molecule has 0 spiro atoms. The number of hydrogen-bond donors (Lipinski definition) is 1. The molecule has 2 rings (SSSR count). The molecule has 0 fully saturated rings. The first-order valence-corrected chi connectivity index (χ1v) is 13.0. The highest BCUT2D eigenvalue weighted by Crippen LogP contribution is 2.28. The molecule has 1 atom stereocenters. The number of halogens is 3. The molecule has 0 saturated carbocycles. The Bertz CT molecular complexity index is 1130. The maximum atomic E-state index is 13.4. The second-order valence-electron chi connectivity index (χ2n) is 7.86. The van der Waals surface area contributed by atoms with Gasteiger partial charge in [-0.3, -0.25) is 13.9 Å². The summed E-state index contributed by atoms with van der Waals surface area (Å²) in [5, 5.41) is 3.66. The van der Waals surface area contributed by atoms with Gasteiger partial charge in [0.2, 0.25) is 21.8 Å². The number of carbonyl (C=O) groups is 2. The highest BCUT2D eigenvalue weighted by molar-refractivity contribution is 7.92. The summed E-state index contributed by atoms with van der Waals surface area (Å²) in [6.45, 7) is 4.73. The molecule has 7 nitrogen and oxygen atoms in total. The van der Waals surface area contributed by atoms with Gasteiger partial charge in [0.15, 0.2) is 0 Å². The van der Waals surface area contributed by atoms with Crippen molar-refractivity contribution in [2.24, 2.45) is 0 Å². The second-order valence-corrected chi connectivity index (χ2v) is 11.0. The van der Waals surface area contributed by atoms with Crippen LogP contribution in [-0.2, 0) is 26.2 Å². The van der Waals surface area contributed by atoms with Gasteiger partial charge in [-0.05, 0) is 56.7 Å². The number of anilines is 1. The zero-order valence-electron chi connectivity index (χ0n) is 18.7. The predicted octanol–water partition coefficient (Wildman–Crippen LogP) is 4.35. The molecule has 0 aromatic heterocycles. The lowest BCUT2D eigenvalue weighted by molar-refractivity contribution is -0.139. The van der Waals surface area contributed by atoms with E-state index in [4.69, 9.17) is 34.8 Å². The molecule has 0 unspecified atom stereocenters. The van der Waals surface area contributed by atoms with Crippen molar-refractivity contribution in [3.63, 3.8) is 0 Å². The first-order valence-electron chi connectivity index (χ1n) is 10.1. The molecule has 0 aliphatic carbocycles. The SMILES string of the molecule is CC(C)NC(=O)[C@H](C)N(Cc1cccc(Cl)c1)C(=O)CN(c1ccc(Cl)c(Cl)c1)S(C)(=O)=O. The maximum Gasteiger partial charge on any atom is 0.244 e. The molecule has 0 heterocycles. The van der Waals surface area contributed by atoms with Crippen molar-refractivity contribution in [3.8, 4) is 0 Å². The van der Waals surface area contributed by atoms with E-state index < -0.39 is 28.5 Å². The minimum atomic E-state index is -3.86. The van der Waals surface area contributed by atoms with Crippen LogP contribution in [0, 0.1) is 0 Å². The Morgan fingerprint density at radius 3 is 2.21 bits per heavy atom. The van der Waals surface area contributed by atoms with Crippen LogP contribution in [0.1, 0.15) is 26.3 Å². The third kappa shape index (κ3) is 7.78. The standard InChI is InChI=1S/C22H26Cl3N3O4S/c1-14(2)26-22(30)15(3)27(12-16-6-5-7-17(23)10-16)21(29)13-28(33(4,31)32)18-8-9-19(24)20(25)11-18/h5-11,14-15H,12-13H2,1-4H3,(H,26,30)/t15-/m0/s1. The first kappa shape index (κ1) is 27.2. The van der Waals surface area contributed by atoms with Crippen LogP contribution in [0.4, 0.5) is 5.69 Å². The number of benzene rings is 2. The largest absolute Gasteiger partial charge is 0.352 e. The molecule has 180 valence electrons. The van der Waals surface area contributed by atoms with E-state index in [0.29, 0.717) is 10.6 Å². The molecular weight excluding hydrogens is 509 g/mol. The van der Waals surface area contributed by atoms with Crippen molar-refractivity contribution in [1.82, 2.24) is 10.2 Å². The van der Waals surface area contributed by atoms with Crippen LogP contribution >= 0.6 is 34.8 Å². The van der Waals surface area contributed by atoms with Crippen molar-refractivity contribution in [1.29, 1.82) is 0 Å². The second kappa shape index (κ2) is 11.4. The molecule has 2 aromatic rings. The van der Waals surface area contributed by atoms with Gasteiger partial charge >= 0.3 is 0 Å². The number of carbonyl (C=O) groups excluding carboxylic acids is 2. The zero-order valence-corrected chi connectivity index (χ0v) is 21.8. The van der Waals surface area contributed by atoms with Crippen molar-refractivity contribution in [2.75, 3.05) is 17.1 Å². The molecule has 2 aromatic carbocycles. The summed E-state index contributed by atoms with van der Waals surface area (Å²) >= 11 is 18.1. The number of nitrogens with zero attached hydrogens (tertiary/aromatic N) is 2. The summed E-state index contributed by atoms with van der Waals surface area (Å²) in [6, 6.07) is 10.2. The van der Waals surface area contributed by atoms with Gasteiger partial charge in [0, 0.05) is 17.6 Å². The molecule has 0 bridgehead atoms. The zero-order chi connectivity index (χ0) is 24.9. The monoisotopic (exact) mass is 533 g/mol. The van der Waals surface area contributed by atoms with Crippen LogP contribution in [0.5, 0.6) is 0 Å². The Hall–Kier alpha value is -2.00. The van der Waals surface area contributed by atoms with E-state index in [-0.39, 0.29) is 34.2 Å². The number of nitrogens with one attached hydrogen (secondary N) is 1. The average molecular weight is 535 g/mol. The summed E-state index contributed by atoms with van der Waals surface area (Å²) in [5.41, 5.74) is 0.878. The van der Waals surface area contributed by atoms with Gasteiger partial charge in [0.25, 0.3) is 0 Å². The minimum Gasteiger partial charge on any atom is -0.352 e. The van der Waals surface area contributed by atoms with Crippen LogP contribution < -0.4 is 9.62 Å². The lowest BCUT2D eigenvalue weighted by atomic mass is 10.1. The van der Waals surface area contributed by atoms with E-state index in [1.807, 2.05) is 13.8 Å². The van der Waals surface area contributed by atoms with Crippen LogP contribution in [0.15, 0.2) is 42.5 Å². The highest BCUT2D eigenvalue weighted by Gasteiger charge is 2.30. The number of amides is 2. The molecule has 0 saturated heterocycles. The summed E-state index contributed by atoms with van der Waals surface area (Å²) in [5.74, 6) is -0.932. The molecule has 2 amide bonds. The molecule has 1 N–H and O–H groups in total. The highest BCUT2D eigenvalue weighted by atomic mass is 35.5. The van der Waals surface area contributed by atoms with Gasteiger partial charge in [-0.2, -0.15) is 0 Å². The van der Waals surface area contributed by atoms with E-state index in [0.717, 1.165) is 10.6 Å². The summed E-state index contributed by atoms with van der Waals surface area (Å²) in [4.78, 5) is 27.4. The number of hydrogen-bond acceptors (Lipinski definition) is 4. The lowest BCUT2D eigenvalue weighted by Crippen LogP contribution is -2.52. The summed E-state index contributed by atoms with van der Waals surface area (Å²) in [7, 11) is -3.86. The van der Waals surface area contributed by atoms with E-state index >= 15 is 0 Å². The van der Waals surface area contributed by atoms with Crippen LogP contribution in [0.25, 0.3) is 0 Å². The van der Waals surface area contributed by atoms with Gasteiger partial charge in [-0.1, -0.05) is 46.9 Å². The molecule has 0 radical (unpaired) electrons. The van der Waals surface area contributed by atoms with Crippen molar-refractivity contribution < 1.29 is 18.0 Å². The molecule has 33 heavy (non-hydrogen) atoms. The average Bonchev–Trinajstić information content (AvgIpc) is 2.70. The number of rotatable bonds is 9. The summed E-state index contributed by atoms with van der Waals surface area (Å²) < 4.78 is 26.0. The van der Waals surface area contributed by atoms with Gasteiger partial charge in [-0.15, -0.1) is 0 Å². The predicted molar refractivity (Wildman–Crippen MR) is 133 cm³/mol. The first-order chi connectivity index (χ1) is 15.3. The third-order valence-electron chi connectivity index (χ3n) is 4.71. The van der Waals surface area contributed by atoms with Crippen molar-refractivity contribution in [3.05, 3.63) is 63.1 Å². The van der Waals surface area contributed by atoms with E-state index in [9.17, 15) is 18.0 Å². The van der Waals surface area contributed by atoms with Crippen LogP contribution in [0.3, 0.4) is 0 Å². The van der Waals surface area contributed by atoms with Crippen LogP contribution in [0.2, 0.25) is 15.1 Å². The van der Waals surface area contributed by atoms with E-state index in [1.165, 1.54) is 23.1 Å². The Kier molecular flexibility index (Phi) is 9.43. The minimum absolute atomic E-state index is 0.0606. The Morgan fingerprint density at radius 1 is 1.00 bits per heavy atom. The number of sulfonamides is 1. The fourth-order valence-corrected chi connectivity index (χ4v) is 4.42. The lowest BCUT2D eigenvalue weighted by Gasteiger charge is -2.32. The molecule has 0 aliphatic rings. The molecular formula is C22H26Cl3N3O4S. The van der Waals surface area contributed by atoms with Crippen LogP contribution in [-0.4, -0.2) is 50.0 Å². The normalized spacial score (nSPS) is 12.4. The van der Waals surface area contributed by atoms with Crippen molar-refractivity contribution >= 4 is 62.3 Å². The fourth-order valence-electron chi connectivity index (χ4n) is 3.07. The van der Waals surface area contributed by atoms with Crippen molar-refractivity contribution in [2.45, 2.75) is 39.4 Å². The topological polar surface area (TPSA) is 86.8 Å². The molecule has 0 aliphatic heterocycles. The summed E-state index contributed by atoms with van der Waals surface area (Å²) in [6.07, 6.45) is 0.985. The maximum absolute atomic E-state index is 13.4. The molecule has 11 heteroatoms. The smallest absolute Gasteiger partial charge is 0.244 e. The van der Waals surface area contributed by atoms with E-state index in [2.05, 4.69) is 5.32 Å². The van der Waals surface area contributed by atoms with Gasteiger partial charge in [0.05, 0.1) is 22.0 Å².